The highest BCUT2D eigenvalue weighted by Crippen LogP contribution is 2.48. The minimum Gasteiger partial charge on any atom is -0.481 e. The van der Waals surface area contributed by atoms with Crippen molar-refractivity contribution in [3.05, 3.63) is 11.1 Å². The summed E-state index contributed by atoms with van der Waals surface area (Å²) in [7, 11) is 0. The van der Waals surface area contributed by atoms with Gasteiger partial charge in [-0.05, 0) is 19.3 Å². The number of anilines is 1. The van der Waals surface area contributed by atoms with Crippen molar-refractivity contribution in [2.45, 2.75) is 25.7 Å². The van der Waals surface area contributed by atoms with E-state index in [1.54, 1.807) is 5.38 Å². The highest BCUT2D eigenvalue weighted by Gasteiger charge is 2.59. The largest absolute Gasteiger partial charge is 0.481 e. The number of hydrogen-bond acceptors (Lipinski definition) is 5. The fourth-order valence-electron chi connectivity index (χ4n) is 2.30. The molecule has 0 spiro atoms. The second kappa shape index (κ2) is 4.41. The first-order valence-corrected chi connectivity index (χ1v) is 7.00. The molecule has 2 unspecified atom stereocenters. The van der Waals surface area contributed by atoms with E-state index in [0.29, 0.717) is 24.4 Å². The molecule has 1 saturated carbocycles. The third-order valence-electron chi connectivity index (χ3n) is 3.42. The Hall–Kier alpha value is -1.76. The molecule has 2 heterocycles. The van der Waals surface area contributed by atoms with Crippen LogP contribution >= 0.6 is 11.3 Å². The van der Waals surface area contributed by atoms with Crippen LogP contribution in [0.25, 0.3) is 0 Å². The van der Waals surface area contributed by atoms with Crippen LogP contribution in [0.2, 0.25) is 0 Å². The molecule has 0 radical (unpaired) electrons. The number of aromatic nitrogens is 1. The average Bonchev–Trinajstić information content (AvgIpc) is 2.96. The first-order valence-electron chi connectivity index (χ1n) is 6.12. The molecule has 0 bridgehead atoms. The first-order chi connectivity index (χ1) is 9.08. The van der Waals surface area contributed by atoms with Gasteiger partial charge in [0.2, 0.25) is 11.8 Å². The van der Waals surface area contributed by atoms with Crippen molar-refractivity contribution in [2.75, 3.05) is 4.90 Å². The second-order valence-corrected chi connectivity index (χ2v) is 5.67. The van der Waals surface area contributed by atoms with E-state index in [1.165, 1.54) is 16.2 Å². The molecule has 3 rings (SSSR count). The molecule has 1 aliphatic heterocycles. The molecule has 2 aliphatic rings. The van der Waals surface area contributed by atoms with Crippen LogP contribution in [0.3, 0.4) is 0 Å². The number of nitrogens with zero attached hydrogens (tertiary/aromatic N) is 2. The maximum absolute atomic E-state index is 11.9. The molecule has 1 aromatic heterocycles. The minimum absolute atomic E-state index is 0.0958. The van der Waals surface area contributed by atoms with Crippen molar-refractivity contribution in [1.29, 1.82) is 0 Å². The number of rotatable bonds is 5. The molecule has 6 nitrogen and oxygen atoms in total. The summed E-state index contributed by atoms with van der Waals surface area (Å²) in [6, 6.07) is 0. The van der Waals surface area contributed by atoms with Crippen LogP contribution < -0.4 is 4.90 Å². The Labute approximate surface area is 113 Å². The Bertz CT molecular complexity index is 548. The molecule has 7 heteroatoms. The zero-order chi connectivity index (χ0) is 13.6. The Kier molecular flexibility index (Phi) is 2.85. The van der Waals surface area contributed by atoms with Crippen molar-refractivity contribution in [1.82, 2.24) is 4.98 Å². The smallest absolute Gasteiger partial charge is 0.303 e. The van der Waals surface area contributed by atoms with Gasteiger partial charge in [-0.25, -0.2) is 9.88 Å². The molecule has 19 heavy (non-hydrogen) atoms. The lowest BCUT2D eigenvalue weighted by molar-refractivity contribution is -0.137. The quantitative estimate of drug-likeness (QED) is 0.815. The fourth-order valence-corrected chi connectivity index (χ4v) is 3.17. The number of carboxylic acid groups (broad SMARTS) is 1. The summed E-state index contributed by atoms with van der Waals surface area (Å²) in [6.45, 7) is 0. The van der Waals surface area contributed by atoms with Gasteiger partial charge in [0, 0.05) is 11.8 Å². The van der Waals surface area contributed by atoms with Crippen LogP contribution in [0.15, 0.2) is 5.38 Å². The number of hydrogen-bond donors (Lipinski definition) is 1. The Balaban J connectivity index is 1.66. The van der Waals surface area contributed by atoms with Gasteiger partial charge >= 0.3 is 5.97 Å². The number of carbonyl (C=O) groups excluding carboxylic acids is 2. The lowest BCUT2D eigenvalue weighted by atomic mass is 10.2. The van der Waals surface area contributed by atoms with Crippen LogP contribution in [0, 0.1) is 11.8 Å². The van der Waals surface area contributed by atoms with Crippen LogP contribution in [-0.4, -0.2) is 27.9 Å². The molecule has 2 atom stereocenters. The molecule has 1 saturated heterocycles. The van der Waals surface area contributed by atoms with Gasteiger partial charge < -0.3 is 5.11 Å². The van der Waals surface area contributed by atoms with Crippen molar-refractivity contribution < 1.29 is 19.5 Å². The van der Waals surface area contributed by atoms with Crippen molar-refractivity contribution in [3.63, 3.8) is 0 Å². The number of carbonyl (C=O) groups is 3. The second-order valence-electron chi connectivity index (χ2n) is 4.83. The van der Waals surface area contributed by atoms with Crippen molar-refractivity contribution in [3.8, 4) is 0 Å². The number of amides is 2. The van der Waals surface area contributed by atoms with Gasteiger partial charge in [-0.1, -0.05) is 0 Å². The summed E-state index contributed by atoms with van der Waals surface area (Å²) in [5, 5.41) is 10.8. The van der Waals surface area contributed by atoms with E-state index in [1.807, 2.05) is 0 Å². The molecule has 1 aromatic rings. The molecule has 1 aliphatic carbocycles. The molecular weight excluding hydrogens is 268 g/mol. The minimum atomic E-state index is -0.833. The number of aryl methyl sites for hydroxylation is 1. The summed E-state index contributed by atoms with van der Waals surface area (Å²) in [5.41, 5.74) is 0.738. The van der Waals surface area contributed by atoms with Crippen LogP contribution in [0.4, 0.5) is 5.13 Å². The van der Waals surface area contributed by atoms with Gasteiger partial charge in [-0.15, -0.1) is 11.3 Å². The van der Waals surface area contributed by atoms with Gasteiger partial charge in [0.1, 0.15) is 0 Å². The average molecular weight is 280 g/mol. The van der Waals surface area contributed by atoms with E-state index in [4.69, 9.17) is 5.11 Å². The zero-order valence-corrected chi connectivity index (χ0v) is 10.9. The van der Waals surface area contributed by atoms with E-state index in [9.17, 15) is 14.4 Å². The van der Waals surface area contributed by atoms with Crippen LogP contribution in [0.5, 0.6) is 0 Å². The first kappa shape index (κ1) is 12.3. The Morgan fingerprint density at radius 3 is 2.74 bits per heavy atom. The molecule has 2 fully saturated rings. The summed E-state index contributed by atoms with van der Waals surface area (Å²) < 4.78 is 0. The predicted molar refractivity (Wildman–Crippen MR) is 66.8 cm³/mol. The standard InChI is InChI=1S/C12H12N2O4S/c15-9(16)3-1-2-6-5-19-12(13-6)14-10(17)7-4-8(7)11(14)18/h5,7-8H,1-4H2,(H,15,16). The lowest BCUT2D eigenvalue weighted by Crippen LogP contribution is -2.32. The summed E-state index contributed by atoms with van der Waals surface area (Å²) in [6.07, 6.45) is 1.83. The van der Waals surface area contributed by atoms with E-state index in [0.717, 1.165) is 5.69 Å². The van der Waals surface area contributed by atoms with Gasteiger partial charge in [0.15, 0.2) is 5.13 Å². The fraction of sp³-hybridized carbons (Fsp3) is 0.500. The Morgan fingerprint density at radius 2 is 2.11 bits per heavy atom. The number of fused-ring (bicyclic) bond motifs is 1. The number of carboxylic acids is 1. The number of piperidine rings is 1. The van der Waals surface area contributed by atoms with Crippen LogP contribution in [-0.2, 0) is 20.8 Å². The number of imide groups is 1. The molecule has 1 N–H and O–H groups in total. The summed E-state index contributed by atoms with van der Waals surface area (Å²) in [4.78, 5) is 39.6. The highest BCUT2D eigenvalue weighted by molar-refractivity contribution is 7.14. The van der Waals surface area contributed by atoms with Gasteiger partial charge in [-0.3, -0.25) is 14.4 Å². The normalized spacial score (nSPS) is 24.7. The van der Waals surface area contributed by atoms with Gasteiger partial charge in [0.05, 0.1) is 17.5 Å². The van der Waals surface area contributed by atoms with Crippen molar-refractivity contribution >= 4 is 34.3 Å². The van der Waals surface area contributed by atoms with Gasteiger partial charge in [0.25, 0.3) is 0 Å². The molecule has 0 aromatic carbocycles. The third kappa shape index (κ3) is 2.14. The lowest BCUT2D eigenvalue weighted by Gasteiger charge is -2.11. The molecule has 100 valence electrons. The van der Waals surface area contributed by atoms with Crippen molar-refractivity contribution in [2.24, 2.45) is 11.8 Å². The SMILES string of the molecule is O=C(O)CCCc1csc(N2C(=O)C3CC3C2=O)n1. The maximum Gasteiger partial charge on any atom is 0.303 e. The molecule has 2 amide bonds. The zero-order valence-electron chi connectivity index (χ0n) is 10.0. The summed E-state index contributed by atoms with van der Waals surface area (Å²) >= 11 is 1.26. The van der Waals surface area contributed by atoms with E-state index in [-0.39, 0.29) is 30.1 Å². The summed E-state index contributed by atoms with van der Waals surface area (Å²) in [5.74, 6) is -1.35. The van der Waals surface area contributed by atoms with E-state index >= 15 is 0 Å². The Morgan fingerprint density at radius 1 is 1.42 bits per heavy atom. The highest BCUT2D eigenvalue weighted by atomic mass is 32.1. The predicted octanol–water partition coefficient (Wildman–Crippen LogP) is 1.06. The van der Waals surface area contributed by atoms with Crippen LogP contribution in [0.1, 0.15) is 25.0 Å². The van der Waals surface area contributed by atoms with E-state index in [2.05, 4.69) is 4.98 Å². The van der Waals surface area contributed by atoms with E-state index < -0.39 is 5.97 Å². The maximum atomic E-state index is 11.9. The number of aliphatic carboxylic acids is 1. The molecular formula is C12H12N2O4S. The van der Waals surface area contributed by atoms with Gasteiger partial charge in [-0.2, -0.15) is 0 Å². The number of thiazole rings is 1. The third-order valence-corrected chi connectivity index (χ3v) is 4.29. The monoisotopic (exact) mass is 280 g/mol. The topological polar surface area (TPSA) is 87.6 Å².